The molecule has 5 nitrogen and oxygen atoms in total. The second kappa shape index (κ2) is 8.24. The summed E-state index contributed by atoms with van der Waals surface area (Å²) < 4.78 is 12.9. The quantitative estimate of drug-likeness (QED) is 0.802. The molecule has 1 aromatic carbocycles. The molecular formula is C18H25FN2O3. The molecule has 0 aliphatic carbocycles. The standard InChI is InChI=1S/C18H25FN2O3/c1-3-15(21-10-4-5-17(21)23)18(24)20-12(2)11-16(22)13-6-8-14(19)9-7-13/h6-9,12,15-16,22H,3-5,10-11H2,1-2H3,(H,20,24). The molecule has 1 saturated heterocycles. The van der Waals surface area contributed by atoms with Crippen LogP contribution in [-0.4, -0.2) is 40.4 Å². The van der Waals surface area contributed by atoms with E-state index < -0.39 is 12.1 Å². The number of hydrogen-bond donors (Lipinski definition) is 2. The highest BCUT2D eigenvalue weighted by molar-refractivity contribution is 5.88. The van der Waals surface area contributed by atoms with Gasteiger partial charge >= 0.3 is 0 Å². The van der Waals surface area contributed by atoms with Gasteiger partial charge in [-0.1, -0.05) is 19.1 Å². The van der Waals surface area contributed by atoms with Gasteiger partial charge < -0.3 is 15.3 Å². The lowest BCUT2D eigenvalue weighted by Gasteiger charge is -2.28. The van der Waals surface area contributed by atoms with Crippen LogP contribution in [0.4, 0.5) is 4.39 Å². The Morgan fingerprint density at radius 2 is 2.04 bits per heavy atom. The third kappa shape index (κ3) is 4.54. The molecule has 6 heteroatoms. The number of aliphatic hydroxyl groups is 1. The topological polar surface area (TPSA) is 69.6 Å². The minimum absolute atomic E-state index is 0.0241. The Morgan fingerprint density at radius 1 is 1.38 bits per heavy atom. The van der Waals surface area contributed by atoms with Crippen molar-refractivity contribution in [3.05, 3.63) is 35.6 Å². The molecule has 0 bridgehead atoms. The van der Waals surface area contributed by atoms with Gasteiger partial charge in [0.15, 0.2) is 0 Å². The highest BCUT2D eigenvalue weighted by Gasteiger charge is 2.32. The van der Waals surface area contributed by atoms with E-state index in [4.69, 9.17) is 0 Å². The zero-order chi connectivity index (χ0) is 17.7. The first-order valence-electron chi connectivity index (χ1n) is 8.45. The number of carbonyl (C=O) groups excluding carboxylic acids is 2. The fourth-order valence-electron chi connectivity index (χ4n) is 3.10. The van der Waals surface area contributed by atoms with Gasteiger partial charge in [0.05, 0.1) is 6.10 Å². The zero-order valence-electron chi connectivity index (χ0n) is 14.2. The van der Waals surface area contributed by atoms with Crippen molar-refractivity contribution in [3.8, 4) is 0 Å². The molecule has 0 saturated carbocycles. The summed E-state index contributed by atoms with van der Waals surface area (Å²) in [4.78, 5) is 25.9. The number of nitrogens with zero attached hydrogens (tertiary/aromatic N) is 1. The van der Waals surface area contributed by atoms with Gasteiger partial charge in [-0.05, 0) is 43.9 Å². The van der Waals surface area contributed by atoms with Crippen LogP contribution in [0.3, 0.4) is 0 Å². The largest absolute Gasteiger partial charge is 0.388 e. The van der Waals surface area contributed by atoms with E-state index in [1.54, 1.807) is 4.90 Å². The predicted octanol–water partition coefficient (Wildman–Crippen LogP) is 2.15. The number of halogens is 1. The second-order valence-corrected chi connectivity index (χ2v) is 6.33. The van der Waals surface area contributed by atoms with Crippen LogP contribution >= 0.6 is 0 Å². The third-order valence-corrected chi connectivity index (χ3v) is 4.40. The Labute approximate surface area is 141 Å². The van der Waals surface area contributed by atoms with E-state index in [9.17, 15) is 19.1 Å². The van der Waals surface area contributed by atoms with E-state index in [0.717, 1.165) is 6.42 Å². The molecule has 3 atom stereocenters. The molecule has 1 aromatic rings. The van der Waals surface area contributed by atoms with Crippen molar-refractivity contribution in [2.24, 2.45) is 0 Å². The SMILES string of the molecule is CCC(C(=O)NC(C)CC(O)c1ccc(F)cc1)N1CCCC1=O. The lowest BCUT2D eigenvalue weighted by Crippen LogP contribution is -2.49. The molecular weight excluding hydrogens is 311 g/mol. The minimum Gasteiger partial charge on any atom is -0.388 e. The summed E-state index contributed by atoms with van der Waals surface area (Å²) in [6.45, 7) is 4.31. The third-order valence-electron chi connectivity index (χ3n) is 4.40. The minimum atomic E-state index is -0.783. The molecule has 132 valence electrons. The summed E-state index contributed by atoms with van der Waals surface area (Å²) in [6, 6.07) is 4.95. The van der Waals surface area contributed by atoms with E-state index in [1.165, 1.54) is 24.3 Å². The van der Waals surface area contributed by atoms with Gasteiger partial charge in [-0.2, -0.15) is 0 Å². The number of carbonyl (C=O) groups is 2. The lowest BCUT2D eigenvalue weighted by atomic mass is 10.0. The normalized spacial score (nSPS) is 18.3. The van der Waals surface area contributed by atoms with E-state index in [0.29, 0.717) is 31.4 Å². The number of nitrogens with one attached hydrogen (secondary N) is 1. The molecule has 1 heterocycles. The van der Waals surface area contributed by atoms with Crippen molar-refractivity contribution in [3.63, 3.8) is 0 Å². The predicted molar refractivity (Wildman–Crippen MR) is 88.6 cm³/mol. The average Bonchev–Trinajstić information content (AvgIpc) is 2.94. The summed E-state index contributed by atoms with van der Waals surface area (Å²) in [7, 11) is 0. The van der Waals surface area contributed by atoms with Crippen molar-refractivity contribution in [1.82, 2.24) is 10.2 Å². The van der Waals surface area contributed by atoms with Gasteiger partial charge in [0.2, 0.25) is 11.8 Å². The number of amides is 2. The first-order chi connectivity index (χ1) is 11.4. The summed E-state index contributed by atoms with van der Waals surface area (Å²) in [5.41, 5.74) is 0.610. The summed E-state index contributed by atoms with van der Waals surface area (Å²) in [5.74, 6) is -0.518. The Morgan fingerprint density at radius 3 is 2.58 bits per heavy atom. The van der Waals surface area contributed by atoms with Gasteiger partial charge in [-0.25, -0.2) is 4.39 Å². The maximum Gasteiger partial charge on any atom is 0.243 e. The number of rotatable bonds is 7. The van der Waals surface area contributed by atoms with E-state index >= 15 is 0 Å². The molecule has 0 spiro atoms. The van der Waals surface area contributed by atoms with Crippen LogP contribution in [-0.2, 0) is 9.59 Å². The fraction of sp³-hybridized carbons (Fsp3) is 0.556. The van der Waals surface area contributed by atoms with Crippen molar-refractivity contribution in [2.45, 2.75) is 57.7 Å². The van der Waals surface area contributed by atoms with Gasteiger partial charge in [0.25, 0.3) is 0 Å². The number of hydrogen-bond acceptors (Lipinski definition) is 3. The van der Waals surface area contributed by atoms with Crippen molar-refractivity contribution in [1.29, 1.82) is 0 Å². The maximum absolute atomic E-state index is 12.9. The number of likely N-dealkylation sites (tertiary alicyclic amines) is 1. The lowest BCUT2D eigenvalue weighted by molar-refractivity contribution is -0.137. The summed E-state index contributed by atoms with van der Waals surface area (Å²) in [5, 5.41) is 13.1. The Kier molecular flexibility index (Phi) is 6.31. The molecule has 0 aromatic heterocycles. The second-order valence-electron chi connectivity index (χ2n) is 6.33. The first kappa shape index (κ1) is 18.4. The summed E-state index contributed by atoms with van der Waals surface area (Å²) >= 11 is 0. The highest BCUT2D eigenvalue weighted by atomic mass is 19.1. The first-order valence-corrected chi connectivity index (χ1v) is 8.45. The number of benzene rings is 1. The molecule has 0 radical (unpaired) electrons. The Balaban J connectivity index is 1.90. The highest BCUT2D eigenvalue weighted by Crippen LogP contribution is 2.20. The van der Waals surface area contributed by atoms with Gasteiger partial charge in [0.1, 0.15) is 11.9 Å². The fourth-order valence-corrected chi connectivity index (χ4v) is 3.10. The molecule has 1 aliphatic rings. The van der Waals surface area contributed by atoms with Crippen molar-refractivity contribution < 1.29 is 19.1 Å². The van der Waals surface area contributed by atoms with E-state index in [2.05, 4.69) is 5.32 Å². The van der Waals surface area contributed by atoms with Crippen LogP contribution in [0.1, 0.15) is 51.2 Å². The maximum atomic E-state index is 12.9. The molecule has 3 unspecified atom stereocenters. The Bertz CT molecular complexity index is 576. The molecule has 2 rings (SSSR count). The molecule has 24 heavy (non-hydrogen) atoms. The van der Waals surface area contributed by atoms with Crippen LogP contribution in [0.15, 0.2) is 24.3 Å². The van der Waals surface area contributed by atoms with Crippen molar-refractivity contribution in [2.75, 3.05) is 6.54 Å². The van der Waals surface area contributed by atoms with E-state index in [-0.39, 0.29) is 23.7 Å². The van der Waals surface area contributed by atoms with Crippen LogP contribution in [0.25, 0.3) is 0 Å². The molecule has 2 amide bonds. The number of aliphatic hydroxyl groups excluding tert-OH is 1. The summed E-state index contributed by atoms with van der Waals surface area (Å²) in [6.07, 6.45) is 1.39. The molecule has 2 N–H and O–H groups in total. The van der Waals surface area contributed by atoms with Gasteiger partial charge in [-0.15, -0.1) is 0 Å². The molecule has 1 fully saturated rings. The van der Waals surface area contributed by atoms with Crippen LogP contribution in [0, 0.1) is 5.82 Å². The average molecular weight is 336 g/mol. The van der Waals surface area contributed by atoms with Crippen LogP contribution in [0.2, 0.25) is 0 Å². The smallest absolute Gasteiger partial charge is 0.243 e. The molecule has 1 aliphatic heterocycles. The zero-order valence-corrected chi connectivity index (χ0v) is 14.2. The van der Waals surface area contributed by atoms with E-state index in [1.807, 2.05) is 13.8 Å². The van der Waals surface area contributed by atoms with Crippen LogP contribution < -0.4 is 5.32 Å². The van der Waals surface area contributed by atoms with Gasteiger partial charge in [0, 0.05) is 19.0 Å². The monoisotopic (exact) mass is 336 g/mol. The van der Waals surface area contributed by atoms with Crippen LogP contribution in [0.5, 0.6) is 0 Å². The Hall–Kier alpha value is -1.95. The van der Waals surface area contributed by atoms with Crippen molar-refractivity contribution >= 4 is 11.8 Å². The van der Waals surface area contributed by atoms with Gasteiger partial charge in [-0.3, -0.25) is 9.59 Å².